The minimum atomic E-state index is -1.00. The molecule has 0 bridgehead atoms. The summed E-state index contributed by atoms with van der Waals surface area (Å²) in [6.45, 7) is 0.331. The highest BCUT2D eigenvalue weighted by Crippen LogP contribution is 2.54. The second-order valence-electron chi connectivity index (χ2n) is 11.3. The van der Waals surface area contributed by atoms with E-state index in [1.165, 1.54) is 22.9 Å². The van der Waals surface area contributed by atoms with Crippen molar-refractivity contribution in [2.24, 2.45) is 0 Å². The molecule has 2 saturated heterocycles. The first-order chi connectivity index (χ1) is 20.8. The van der Waals surface area contributed by atoms with E-state index in [2.05, 4.69) is 10.2 Å². The smallest absolute Gasteiger partial charge is 0.451 e. The molecule has 3 fully saturated rings. The zero-order valence-corrected chi connectivity index (χ0v) is 23.8. The van der Waals surface area contributed by atoms with Gasteiger partial charge in [0.05, 0.1) is 32.6 Å². The Morgan fingerprint density at radius 1 is 1.19 bits per heavy atom. The molecule has 8 rings (SSSR count). The van der Waals surface area contributed by atoms with Gasteiger partial charge in [0.15, 0.2) is 11.4 Å². The number of ether oxygens (including phenoxy) is 5. The van der Waals surface area contributed by atoms with Gasteiger partial charge in [-0.2, -0.15) is 0 Å². The second kappa shape index (κ2) is 9.46. The molecule has 5 heterocycles. The first kappa shape index (κ1) is 26.5. The lowest BCUT2D eigenvalue weighted by Crippen LogP contribution is -2.70. The number of rotatable bonds is 4. The summed E-state index contributed by atoms with van der Waals surface area (Å²) in [4.78, 5) is 42.4. The fraction of sp³-hybridized carbons (Fsp3) is 0.367. The molecular weight excluding hydrogens is 581 g/mol. The van der Waals surface area contributed by atoms with Crippen LogP contribution in [0.5, 0.6) is 5.75 Å². The molecule has 1 N–H and O–H groups in total. The summed E-state index contributed by atoms with van der Waals surface area (Å²) in [5.41, 5.74) is 4.87. The average Bonchev–Trinajstić information content (AvgIpc) is 3.72. The summed E-state index contributed by atoms with van der Waals surface area (Å²) in [7, 11) is 1.14. The molecule has 1 aliphatic carbocycles. The Morgan fingerprint density at radius 2 is 2.02 bits per heavy atom. The molecule has 2 spiro atoms. The fourth-order valence-corrected chi connectivity index (χ4v) is 7.56. The molecule has 0 radical (unpaired) electrons. The third-order valence-corrected chi connectivity index (χ3v) is 9.86. The van der Waals surface area contributed by atoms with Crippen LogP contribution in [0.2, 0.25) is 0 Å². The zero-order valence-electron chi connectivity index (χ0n) is 23.0. The number of amides is 1. The molecule has 13 heteroatoms. The van der Waals surface area contributed by atoms with Gasteiger partial charge >= 0.3 is 6.16 Å². The number of hydrogen-bond donors (Lipinski definition) is 1. The zero-order chi connectivity index (χ0) is 29.5. The van der Waals surface area contributed by atoms with Crippen molar-refractivity contribution in [1.29, 1.82) is 0 Å². The molecule has 3 aromatic rings. The topological polar surface area (TPSA) is 118 Å². The number of nitrogens with zero attached hydrogens (tertiary/aromatic N) is 2. The standard InChI is InChI=1S/C30H26FN3O8S/c1-38-28(37)41-15-40-26-22(35)9-21(20-8-18(31)6-17-11-43-23-5-3-2-4-16(23)7-19(17)20)34-25(26)27(36)33-12-29(13-39-14-29)42-24-10-30(24,33)32-34/h2-6,8-9,24,32H,7,10-15H2,1H3/t24-,30+/m1/s1. The molecule has 5 aliphatic rings. The summed E-state index contributed by atoms with van der Waals surface area (Å²) < 4.78 is 43.5. The molecule has 2 atom stereocenters. The lowest BCUT2D eigenvalue weighted by Gasteiger charge is -2.52. The van der Waals surface area contributed by atoms with Crippen molar-refractivity contribution >= 4 is 23.8 Å². The van der Waals surface area contributed by atoms with Gasteiger partial charge < -0.3 is 28.6 Å². The van der Waals surface area contributed by atoms with E-state index >= 15 is 4.39 Å². The number of hydrogen-bond acceptors (Lipinski definition) is 10. The van der Waals surface area contributed by atoms with E-state index < -0.39 is 41.4 Å². The Hall–Kier alpha value is -4.07. The molecular formula is C30H26FN3O8S. The molecule has 1 aromatic heterocycles. The van der Waals surface area contributed by atoms with E-state index in [4.69, 9.17) is 18.9 Å². The quantitative estimate of drug-likeness (QED) is 0.350. The van der Waals surface area contributed by atoms with Crippen LogP contribution in [0.4, 0.5) is 9.18 Å². The average molecular weight is 608 g/mol. The van der Waals surface area contributed by atoms with E-state index in [0.29, 0.717) is 43.1 Å². The maximum Gasteiger partial charge on any atom is 0.510 e. The number of carbonyl (C=O) groups excluding carboxylic acids is 2. The summed E-state index contributed by atoms with van der Waals surface area (Å²) in [5.74, 6) is -0.657. The predicted molar refractivity (Wildman–Crippen MR) is 150 cm³/mol. The van der Waals surface area contributed by atoms with Crippen LogP contribution in [-0.2, 0) is 31.1 Å². The number of carbonyl (C=O) groups is 2. The lowest BCUT2D eigenvalue weighted by molar-refractivity contribution is -0.244. The Labute approximate surface area is 248 Å². The number of pyridine rings is 1. The van der Waals surface area contributed by atoms with Crippen molar-refractivity contribution in [1.82, 2.24) is 9.58 Å². The second-order valence-corrected chi connectivity index (χ2v) is 12.4. The van der Waals surface area contributed by atoms with Crippen LogP contribution in [0, 0.1) is 5.82 Å². The van der Waals surface area contributed by atoms with Gasteiger partial charge in [-0.3, -0.25) is 15.0 Å². The van der Waals surface area contributed by atoms with Gasteiger partial charge in [0.25, 0.3) is 5.91 Å². The van der Waals surface area contributed by atoms with E-state index in [0.717, 1.165) is 28.7 Å². The summed E-state index contributed by atoms with van der Waals surface area (Å²) in [6, 6.07) is 12.3. The molecule has 0 unspecified atom stereocenters. The SMILES string of the molecule is COC(=O)OCOc1c2n(c(-c3cc(F)cc4c3Cc3ccccc3SC4)cc1=O)N[C@]13C[C@H]1OC1(COC1)CN3C2=O. The highest BCUT2D eigenvalue weighted by Gasteiger charge is 2.71. The van der Waals surface area contributed by atoms with Gasteiger partial charge in [-0.15, -0.1) is 11.8 Å². The summed E-state index contributed by atoms with van der Waals surface area (Å²) in [5, 5.41) is 0. The van der Waals surface area contributed by atoms with E-state index in [1.807, 2.05) is 24.3 Å². The highest BCUT2D eigenvalue weighted by molar-refractivity contribution is 7.98. The normalized spacial score (nSPS) is 23.7. The van der Waals surface area contributed by atoms with Crippen molar-refractivity contribution in [3.05, 3.63) is 80.9 Å². The van der Waals surface area contributed by atoms with Crippen LogP contribution in [-0.4, -0.2) is 72.7 Å². The van der Waals surface area contributed by atoms with Crippen LogP contribution >= 0.6 is 11.8 Å². The number of aromatic nitrogens is 1. The lowest BCUT2D eigenvalue weighted by atomic mass is 9.92. The largest absolute Gasteiger partial charge is 0.510 e. The van der Waals surface area contributed by atoms with Gasteiger partial charge in [0, 0.05) is 28.7 Å². The minimum absolute atomic E-state index is 0.0778. The molecule has 2 aromatic carbocycles. The van der Waals surface area contributed by atoms with Crippen molar-refractivity contribution < 1.29 is 37.7 Å². The van der Waals surface area contributed by atoms with Crippen LogP contribution in [0.15, 0.2) is 52.2 Å². The monoisotopic (exact) mass is 607 g/mol. The van der Waals surface area contributed by atoms with Gasteiger partial charge in [-0.1, -0.05) is 18.2 Å². The van der Waals surface area contributed by atoms with Crippen LogP contribution in [0.1, 0.15) is 33.6 Å². The summed E-state index contributed by atoms with van der Waals surface area (Å²) >= 11 is 1.63. The first-order valence-corrected chi connectivity index (χ1v) is 14.8. The maximum absolute atomic E-state index is 15.2. The Balaban J connectivity index is 1.29. The Bertz CT molecular complexity index is 1770. The van der Waals surface area contributed by atoms with Crippen molar-refractivity contribution in [2.45, 2.75) is 40.9 Å². The van der Waals surface area contributed by atoms with Gasteiger partial charge in [0.1, 0.15) is 17.5 Å². The van der Waals surface area contributed by atoms with E-state index in [1.54, 1.807) is 16.7 Å². The van der Waals surface area contributed by atoms with Crippen LogP contribution in [0.25, 0.3) is 11.3 Å². The minimum Gasteiger partial charge on any atom is -0.451 e. The number of nitrogens with one attached hydrogen (secondary N) is 1. The molecule has 11 nitrogen and oxygen atoms in total. The Kier molecular flexibility index (Phi) is 5.84. The van der Waals surface area contributed by atoms with E-state index in [-0.39, 0.29) is 24.1 Å². The Morgan fingerprint density at radius 3 is 2.81 bits per heavy atom. The maximum atomic E-state index is 15.2. The number of thioether (sulfide) groups is 1. The fourth-order valence-electron chi connectivity index (χ4n) is 6.49. The third-order valence-electron chi connectivity index (χ3n) is 8.70. The number of halogens is 1. The summed E-state index contributed by atoms with van der Waals surface area (Å²) in [6.07, 6.45) is -0.259. The van der Waals surface area contributed by atoms with Gasteiger partial charge in [0.2, 0.25) is 18.0 Å². The number of methoxy groups -OCH3 is 1. The number of benzene rings is 2. The number of fused-ring (bicyclic) bond motifs is 3. The van der Waals surface area contributed by atoms with Gasteiger partial charge in [-0.25, -0.2) is 13.9 Å². The van der Waals surface area contributed by atoms with Crippen LogP contribution < -0.4 is 15.6 Å². The highest BCUT2D eigenvalue weighted by atomic mass is 32.2. The molecule has 43 heavy (non-hydrogen) atoms. The molecule has 222 valence electrons. The molecule has 1 amide bonds. The van der Waals surface area contributed by atoms with Crippen molar-refractivity contribution in [3.63, 3.8) is 0 Å². The number of morpholine rings is 1. The first-order valence-electron chi connectivity index (χ1n) is 13.8. The molecule has 1 saturated carbocycles. The van der Waals surface area contributed by atoms with Crippen molar-refractivity contribution in [3.8, 4) is 17.0 Å². The van der Waals surface area contributed by atoms with E-state index in [9.17, 15) is 14.4 Å². The third kappa shape index (κ3) is 4.05. The van der Waals surface area contributed by atoms with Gasteiger partial charge in [-0.05, 0) is 41.3 Å². The van der Waals surface area contributed by atoms with Crippen molar-refractivity contribution in [2.75, 3.05) is 39.1 Å². The predicted octanol–water partition coefficient (Wildman–Crippen LogP) is 3.24. The van der Waals surface area contributed by atoms with Crippen LogP contribution in [0.3, 0.4) is 0 Å². The molecule has 4 aliphatic heterocycles.